The lowest BCUT2D eigenvalue weighted by Gasteiger charge is -2.38. The van der Waals surface area contributed by atoms with Crippen molar-refractivity contribution >= 4 is 21.6 Å². The van der Waals surface area contributed by atoms with Gasteiger partial charge in [0.25, 0.3) is 0 Å². The molecule has 1 heterocycles. The molecular formula is C31H28F2N2O6S. The van der Waals surface area contributed by atoms with Crippen LogP contribution in [0.3, 0.4) is 0 Å². The molecule has 8 nitrogen and oxygen atoms in total. The van der Waals surface area contributed by atoms with Gasteiger partial charge in [0.05, 0.1) is 10.5 Å². The molecular weight excluding hydrogens is 566 g/mol. The molecule has 218 valence electrons. The summed E-state index contributed by atoms with van der Waals surface area (Å²) in [5, 5.41) is 13.9. The summed E-state index contributed by atoms with van der Waals surface area (Å²) in [6.07, 6.45) is 1.66. The third kappa shape index (κ3) is 7.04. The van der Waals surface area contributed by atoms with E-state index < -0.39 is 27.3 Å². The van der Waals surface area contributed by atoms with Gasteiger partial charge in [-0.3, -0.25) is 0 Å². The molecule has 0 saturated carbocycles. The average molecular weight is 595 g/mol. The predicted molar refractivity (Wildman–Crippen MR) is 153 cm³/mol. The third-order valence-corrected chi connectivity index (χ3v) is 8.06. The highest BCUT2D eigenvalue weighted by molar-refractivity contribution is 7.90. The first-order chi connectivity index (χ1) is 20.0. The Hall–Kier alpha value is -4.48. The lowest BCUT2D eigenvalue weighted by Crippen LogP contribution is -2.46. The van der Waals surface area contributed by atoms with Crippen LogP contribution in [0.5, 0.6) is 23.0 Å². The summed E-state index contributed by atoms with van der Waals surface area (Å²) in [4.78, 5) is 14.9. The van der Waals surface area contributed by atoms with E-state index in [1.54, 1.807) is 35.2 Å². The van der Waals surface area contributed by atoms with Gasteiger partial charge in [-0.05, 0) is 79.1 Å². The topological polar surface area (TPSA) is 105 Å². The number of ether oxygens (including phenoxy) is 2. The van der Waals surface area contributed by atoms with Gasteiger partial charge in [0.1, 0.15) is 34.6 Å². The van der Waals surface area contributed by atoms with E-state index in [1.807, 2.05) is 0 Å². The van der Waals surface area contributed by atoms with Crippen molar-refractivity contribution in [3.63, 3.8) is 0 Å². The van der Waals surface area contributed by atoms with Crippen molar-refractivity contribution in [2.24, 2.45) is 0 Å². The van der Waals surface area contributed by atoms with Crippen LogP contribution in [-0.2, 0) is 15.4 Å². The van der Waals surface area contributed by atoms with E-state index in [1.165, 1.54) is 60.7 Å². The smallest absolute Gasteiger partial charge is 0.321 e. The van der Waals surface area contributed by atoms with Crippen LogP contribution in [0.1, 0.15) is 18.4 Å². The summed E-state index contributed by atoms with van der Waals surface area (Å²) in [6.45, 7) is 0.531. The van der Waals surface area contributed by atoms with Crippen LogP contribution in [0.4, 0.5) is 19.3 Å². The Labute approximate surface area is 242 Å². The van der Waals surface area contributed by atoms with Gasteiger partial charge in [-0.1, -0.05) is 12.1 Å². The van der Waals surface area contributed by atoms with Gasteiger partial charge in [-0.15, -0.1) is 0 Å². The quantitative estimate of drug-likeness (QED) is 0.254. The molecule has 0 radical (unpaired) electrons. The van der Waals surface area contributed by atoms with Crippen molar-refractivity contribution < 1.29 is 36.6 Å². The van der Waals surface area contributed by atoms with Gasteiger partial charge >= 0.3 is 6.03 Å². The van der Waals surface area contributed by atoms with E-state index >= 15 is 0 Å². The van der Waals surface area contributed by atoms with Crippen molar-refractivity contribution in [1.82, 2.24) is 4.90 Å². The monoisotopic (exact) mass is 594 g/mol. The van der Waals surface area contributed by atoms with E-state index in [4.69, 9.17) is 9.47 Å². The fourth-order valence-electron chi connectivity index (χ4n) is 4.62. The zero-order valence-corrected chi connectivity index (χ0v) is 23.4. The Morgan fingerprint density at radius 2 is 1.26 bits per heavy atom. The number of aliphatic hydroxyl groups is 1. The number of urea groups is 1. The number of hydrogen-bond donors (Lipinski definition) is 2. The fourth-order valence-corrected chi connectivity index (χ4v) is 5.25. The summed E-state index contributed by atoms with van der Waals surface area (Å²) in [7, 11) is -3.38. The minimum absolute atomic E-state index is 0.143. The van der Waals surface area contributed by atoms with E-state index in [0.29, 0.717) is 34.2 Å². The van der Waals surface area contributed by atoms with Crippen LogP contribution in [0.25, 0.3) is 0 Å². The van der Waals surface area contributed by atoms with E-state index in [2.05, 4.69) is 5.32 Å². The van der Waals surface area contributed by atoms with E-state index in [-0.39, 0.29) is 36.6 Å². The number of hydrogen-bond acceptors (Lipinski definition) is 6. The minimum atomic E-state index is -3.38. The fraction of sp³-hybridized carbons (Fsp3) is 0.194. The number of halogens is 2. The number of benzene rings is 4. The Bertz CT molecular complexity index is 1670. The van der Waals surface area contributed by atoms with Crippen LogP contribution in [0.15, 0.2) is 95.9 Å². The van der Waals surface area contributed by atoms with Crippen LogP contribution in [0.2, 0.25) is 0 Å². The molecule has 42 heavy (non-hydrogen) atoms. The number of amides is 2. The van der Waals surface area contributed by atoms with Gasteiger partial charge in [0.2, 0.25) is 0 Å². The molecule has 1 aliphatic rings. The van der Waals surface area contributed by atoms with Gasteiger partial charge in [0.15, 0.2) is 9.84 Å². The highest BCUT2D eigenvalue weighted by Gasteiger charge is 2.35. The summed E-state index contributed by atoms with van der Waals surface area (Å²) in [6, 6.07) is 21.3. The highest BCUT2D eigenvalue weighted by atomic mass is 32.2. The van der Waals surface area contributed by atoms with Crippen molar-refractivity contribution in [3.8, 4) is 23.0 Å². The minimum Gasteiger partial charge on any atom is -0.457 e. The first kappa shape index (κ1) is 29.0. The molecule has 1 fully saturated rings. The summed E-state index contributed by atoms with van der Waals surface area (Å²) in [5.41, 5.74) is -0.219. The lowest BCUT2D eigenvalue weighted by molar-refractivity contribution is -0.0157. The maximum Gasteiger partial charge on any atom is 0.321 e. The summed E-state index contributed by atoms with van der Waals surface area (Å²) < 4.78 is 62.1. The van der Waals surface area contributed by atoms with Crippen molar-refractivity contribution in [2.75, 3.05) is 24.7 Å². The second-order valence-corrected chi connectivity index (χ2v) is 12.1. The van der Waals surface area contributed by atoms with Crippen molar-refractivity contribution in [3.05, 3.63) is 108 Å². The molecule has 5 rings (SSSR count). The van der Waals surface area contributed by atoms with Gasteiger partial charge in [-0.25, -0.2) is 22.0 Å². The van der Waals surface area contributed by atoms with Gasteiger partial charge < -0.3 is 24.8 Å². The van der Waals surface area contributed by atoms with E-state index in [9.17, 15) is 27.1 Å². The van der Waals surface area contributed by atoms with Gasteiger partial charge in [-0.2, -0.15) is 0 Å². The zero-order valence-electron chi connectivity index (χ0n) is 22.6. The molecule has 4 aromatic carbocycles. The molecule has 0 spiro atoms. The molecule has 0 bridgehead atoms. The normalized spacial score (nSPS) is 14.7. The molecule has 2 amide bonds. The van der Waals surface area contributed by atoms with Gasteiger partial charge in [0, 0.05) is 43.2 Å². The number of rotatable bonds is 7. The SMILES string of the molecule is CS(=O)(=O)c1ccc(Oc2cc(NC(=O)N3CCC(O)(c4ccc(F)cc4)CC3)cc(Oc3ccc(F)cc3)c2)cc1. The Morgan fingerprint density at radius 3 is 1.76 bits per heavy atom. The second kappa shape index (κ2) is 11.8. The number of likely N-dealkylation sites (tertiary alicyclic amines) is 1. The number of carbonyl (C=O) groups excluding carboxylic acids is 1. The molecule has 1 saturated heterocycles. The Morgan fingerprint density at radius 1 is 0.786 bits per heavy atom. The highest BCUT2D eigenvalue weighted by Crippen LogP contribution is 2.35. The number of sulfone groups is 1. The maximum absolute atomic E-state index is 13.4. The zero-order chi connectivity index (χ0) is 29.9. The molecule has 11 heteroatoms. The van der Waals surface area contributed by atoms with E-state index in [0.717, 1.165) is 6.26 Å². The number of anilines is 1. The van der Waals surface area contributed by atoms with Crippen LogP contribution in [-0.4, -0.2) is 43.8 Å². The standard InChI is InChI=1S/C31H28F2N2O6S/c1-42(38,39)29-12-10-26(11-13-29)41-28-19-24(18-27(20-28)40-25-8-6-23(33)7-9-25)34-30(36)35-16-14-31(37,15-17-35)21-2-4-22(32)5-3-21/h2-13,18-20,37H,14-17H2,1H3,(H,34,36). The van der Waals surface area contributed by atoms with Crippen molar-refractivity contribution in [1.29, 1.82) is 0 Å². The largest absolute Gasteiger partial charge is 0.457 e. The number of nitrogens with zero attached hydrogens (tertiary/aromatic N) is 1. The summed E-state index contributed by atoms with van der Waals surface area (Å²) in [5.74, 6) is 0.499. The molecule has 0 aliphatic carbocycles. The first-order valence-corrected chi connectivity index (χ1v) is 15.0. The number of piperidine rings is 1. The molecule has 2 N–H and O–H groups in total. The van der Waals surface area contributed by atoms with Crippen LogP contribution in [0, 0.1) is 11.6 Å². The first-order valence-electron chi connectivity index (χ1n) is 13.1. The molecule has 1 aliphatic heterocycles. The average Bonchev–Trinajstić information content (AvgIpc) is 2.95. The van der Waals surface area contributed by atoms with Crippen LogP contribution < -0.4 is 14.8 Å². The molecule has 4 aromatic rings. The third-order valence-electron chi connectivity index (χ3n) is 6.93. The lowest BCUT2D eigenvalue weighted by atomic mass is 9.84. The maximum atomic E-state index is 13.4. The Kier molecular flexibility index (Phi) is 8.15. The van der Waals surface area contributed by atoms with Crippen LogP contribution >= 0.6 is 0 Å². The molecule has 0 atom stereocenters. The predicted octanol–water partition coefficient (Wildman–Crippen LogP) is 6.47. The molecule has 0 aromatic heterocycles. The molecule has 0 unspecified atom stereocenters. The Balaban J connectivity index is 1.33. The van der Waals surface area contributed by atoms with Crippen molar-refractivity contribution in [2.45, 2.75) is 23.3 Å². The number of carbonyl (C=O) groups is 1. The summed E-state index contributed by atoms with van der Waals surface area (Å²) >= 11 is 0. The second-order valence-electron chi connectivity index (χ2n) is 10.1. The number of nitrogens with one attached hydrogen (secondary N) is 1.